The van der Waals surface area contributed by atoms with Gasteiger partial charge in [-0.25, -0.2) is 4.39 Å². The Hall–Kier alpha value is -2.60. The van der Waals surface area contributed by atoms with E-state index >= 15 is 0 Å². The highest BCUT2D eigenvalue weighted by molar-refractivity contribution is 5.61. The number of carbonyl (C=O) groups is 1. The van der Waals surface area contributed by atoms with E-state index in [1.807, 2.05) is 5.32 Å². The van der Waals surface area contributed by atoms with Crippen LogP contribution in [0.1, 0.15) is 42.4 Å². The number of benzene rings is 2. The molecule has 28 heavy (non-hydrogen) atoms. The maximum Gasteiger partial charge on any atom is 0.134 e. The molecule has 3 unspecified atom stereocenters. The first-order chi connectivity index (χ1) is 13.5. The van der Waals surface area contributed by atoms with Gasteiger partial charge in [-0.15, -0.1) is 0 Å². The van der Waals surface area contributed by atoms with Crippen molar-refractivity contribution in [1.29, 1.82) is 0 Å². The van der Waals surface area contributed by atoms with E-state index in [4.69, 9.17) is 4.74 Å². The summed E-state index contributed by atoms with van der Waals surface area (Å²) < 4.78 is 18.8. The van der Waals surface area contributed by atoms with E-state index in [9.17, 15) is 14.3 Å². The molecular weight excluding hydrogens is 359 g/mol. The third-order valence-corrected chi connectivity index (χ3v) is 5.49. The first-order valence-corrected chi connectivity index (χ1v) is 9.66. The fourth-order valence-corrected chi connectivity index (χ4v) is 4.07. The van der Waals surface area contributed by atoms with E-state index in [-0.39, 0.29) is 5.82 Å². The highest BCUT2D eigenvalue weighted by Crippen LogP contribution is 2.48. The molecule has 1 saturated heterocycles. The molecule has 1 heterocycles. The molecule has 0 bridgehead atoms. The second kappa shape index (κ2) is 9.06. The van der Waals surface area contributed by atoms with E-state index < -0.39 is 6.09 Å². The van der Waals surface area contributed by atoms with Gasteiger partial charge >= 0.3 is 0 Å². The first kappa shape index (κ1) is 20.1. The van der Waals surface area contributed by atoms with Crippen molar-refractivity contribution < 1.29 is 19.0 Å². The maximum atomic E-state index is 12.9. The minimum Gasteiger partial charge on any atom is -0.530 e. The Morgan fingerprint density at radius 3 is 2.61 bits per heavy atom. The predicted octanol–water partition coefficient (Wildman–Crippen LogP) is 2.76. The zero-order valence-electron chi connectivity index (χ0n) is 16.2. The number of hydrogen-bond donors (Lipinski definition) is 2. The van der Waals surface area contributed by atoms with Crippen LogP contribution in [0.25, 0.3) is 0 Å². The standard InChI is InChI=1S/C19H20FNO.C3H7NO2/c1-12-16-7-6-15(8-17(16)19-10-21-9-18(12)19)22-11-13-2-4-14(20)5-3-13;1-2-4-3(5)6/h2-8,12,18-19,21H,9-11H2,1H3;4H,2H2,1H3,(H,5,6)/p-1. The van der Waals surface area contributed by atoms with Gasteiger partial charge in [0.2, 0.25) is 0 Å². The van der Waals surface area contributed by atoms with Crippen LogP contribution in [0.3, 0.4) is 0 Å². The highest BCUT2D eigenvalue weighted by Gasteiger charge is 2.41. The monoisotopic (exact) mass is 385 g/mol. The molecule has 4 rings (SSSR count). The Morgan fingerprint density at radius 1 is 1.21 bits per heavy atom. The predicted molar refractivity (Wildman–Crippen MR) is 104 cm³/mol. The van der Waals surface area contributed by atoms with Crippen molar-refractivity contribution in [2.45, 2.75) is 32.3 Å². The SMILES string of the molecule is CC1c2ccc(OCc3ccc(F)cc3)cc2C2CNCC12.CCNC(=O)[O-]. The van der Waals surface area contributed by atoms with Gasteiger partial charge < -0.3 is 25.3 Å². The Bertz CT molecular complexity index is 810. The third-order valence-electron chi connectivity index (χ3n) is 5.49. The van der Waals surface area contributed by atoms with Crippen molar-refractivity contribution in [2.24, 2.45) is 5.92 Å². The molecule has 0 radical (unpaired) electrons. The number of amides is 1. The smallest absolute Gasteiger partial charge is 0.134 e. The highest BCUT2D eigenvalue weighted by atomic mass is 19.1. The molecule has 150 valence electrons. The molecule has 0 aromatic heterocycles. The van der Waals surface area contributed by atoms with Gasteiger partial charge in [0.15, 0.2) is 0 Å². The largest absolute Gasteiger partial charge is 0.530 e. The van der Waals surface area contributed by atoms with Crippen molar-refractivity contribution in [1.82, 2.24) is 10.6 Å². The second-order valence-corrected chi connectivity index (χ2v) is 7.24. The van der Waals surface area contributed by atoms with Gasteiger partial charge in [0.1, 0.15) is 24.3 Å². The second-order valence-electron chi connectivity index (χ2n) is 7.24. The molecular formula is C22H26FN2O3-. The topological polar surface area (TPSA) is 73.4 Å². The third kappa shape index (κ3) is 4.62. The Labute approximate surface area is 164 Å². The van der Waals surface area contributed by atoms with E-state index in [0.29, 0.717) is 25.0 Å². The lowest BCUT2D eigenvalue weighted by molar-refractivity contribution is -0.250. The molecule has 2 N–H and O–H groups in total. The number of fused-ring (bicyclic) bond motifs is 3. The van der Waals surface area contributed by atoms with Crippen LogP contribution in [0.4, 0.5) is 9.18 Å². The summed E-state index contributed by atoms with van der Waals surface area (Å²) in [6, 6.07) is 13.0. The zero-order valence-corrected chi connectivity index (χ0v) is 16.2. The van der Waals surface area contributed by atoms with Gasteiger partial charge in [-0.3, -0.25) is 0 Å². The Morgan fingerprint density at radius 2 is 1.96 bits per heavy atom. The molecule has 1 amide bonds. The van der Waals surface area contributed by atoms with Crippen molar-refractivity contribution in [3.8, 4) is 5.75 Å². The molecule has 2 aliphatic rings. The maximum absolute atomic E-state index is 12.9. The summed E-state index contributed by atoms with van der Waals surface area (Å²) in [6.45, 7) is 7.10. The number of carboxylic acid groups (broad SMARTS) is 1. The fraction of sp³-hybridized carbons (Fsp3) is 0.409. The van der Waals surface area contributed by atoms with Gasteiger partial charge in [0.25, 0.3) is 0 Å². The molecule has 1 fully saturated rings. The van der Waals surface area contributed by atoms with Crippen molar-refractivity contribution in [2.75, 3.05) is 19.6 Å². The molecule has 2 aromatic rings. The first-order valence-electron chi connectivity index (χ1n) is 9.66. The number of nitrogens with one attached hydrogen (secondary N) is 2. The lowest BCUT2D eigenvalue weighted by atomic mass is 9.91. The lowest BCUT2D eigenvalue weighted by Gasteiger charge is -2.12. The number of ether oxygens (including phenoxy) is 1. The van der Waals surface area contributed by atoms with Crippen molar-refractivity contribution in [3.05, 3.63) is 65.0 Å². The van der Waals surface area contributed by atoms with Crippen LogP contribution in [-0.4, -0.2) is 25.7 Å². The number of halogens is 1. The normalized spacial score (nSPS) is 21.9. The number of rotatable bonds is 4. The van der Waals surface area contributed by atoms with Crippen molar-refractivity contribution >= 4 is 6.09 Å². The van der Waals surface area contributed by atoms with Gasteiger partial charge in [0, 0.05) is 19.0 Å². The molecule has 6 heteroatoms. The summed E-state index contributed by atoms with van der Waals surface area (Å²) in [5.41, 5.74) is 3.90. The number of carbonyl (C=O) groups excluding carboxylic acids is 1. The molecule has 5 nitrogen and oxygen atoms in total. The average Bonchev–Trinajstić information content (AvgIpc) is 3.25. The fourth-order valence-electron chi connectivity index (χ4n) is 4.07. The quantitative estimate of drug-likeness (QED) is 0.849. The van der Waals surface area contributed by atoms with Crippen molar-refractivity contribution in [3.63, 3.8) is 0 Å². The summed E-state index contributed by atoms with van der Waals surface area (Å²) >= 11 is 0. The minimum absolute atomic E-state index is 0.213. The Kier molecular flexibility index (Phi) is 6.52. The molecule has 0 saturated carbocycles. The molecule has 1 aliphatic heterocycles. The molecule has 3 atom stereocenters. The van der Waals surface area contributed by atoms with Crippen LogP contribution in [0.5, 0.6) is 5.75 Å². The van der Waals surface area contributed by atoms with Crippen LogP contribution in [0.15, 0.2) is 42.5 Å². The number of hydrogen-bond acceptors (Lipinski definition) is 4. The Balaban J connectivity index is 0.000000330. The lowest BCUT2D eigenvalue weighted by Crippen LogP contribution is -2.35. The van der Waals surface area contributed by atoms with Crippen LogP contribution in [-0.2, 0) is 6.61 Å². The van der Waals surface area contributed by atoms with E-state index in [1.54, 1.807) is 19.1 Å². The molecule has 0 spiro atoms. The summed E-state index contributed by atoms with van der Waals surface area (Å²) in [5.74, 6) is 2.67. The van der Waals surface area contributed by atoms with E-state index in [0.717, 1.165) is 30.3 Å². The zero-order chi connectivity index (χ0) is 20.1. The summed E-state index contributed by atoms with van der Waals surface area (Å²) in [7, 11) is 0. The van der Waals surface area contributed by atoms with Crippen LogP contribution in [0.2, 0.25) is 0 Å². The van der Waals surface area contributed by atoms with Crippen LogP contribution < -0.4 is 20.5 Å². The summed E-state index contributed by atoms with van der Waals surface area (Å²) in [4.78, 5) is 9.38. The van der Waals surface area contributed by atoms with Gasteiger partial charge in [-0.05, 0) is 66.3 Å². The molecule has 2 aromatic carbocycles. The molecule has 1 aliphatic carbocycles. The summed E-state index contributed by atoms with van der Waals surface area (Å²) in [5, 5.41) is 14.9. The average molecular weight is 385 g/mol. The van der Waals surface area contributed by atoms with Crippen LogP contribution in [0, 0.1) is 11.7 Å². The van der Waals surface area contributed by atoms with E-state index in [2.05, 4.69) is 30.4 Å². The van der Waals surface area contributed by atoms with Gasteiger partial charge in [-0.2, -0.15) is 0 Å². The van der Waals surface area contributed by atoms with Crippen LogP contribution >= 0.6 is 0 Å². The van der Waals surface area contributed by atoms with Gasteiger partial charge in [-0.1, -0.05) is 25.1 Å². The minimum atomic E-state index is -1.21. The van der Waals surface area contributed by atoms with Gasteiger partial charge in [0.05, 0.1) is 0 Å². The van der Waals surface area contributed by atoms with E-state index in [1.165, 1.54) is 23.3 Å². The summed E-state index contributed by atoms with van der Waals surface area (Å²) in [6.07, 6.45) is -1.21.